The minimum Gasteiger partial charge on any atom is -0.454 e. The third-order valence-electron chi connectivity index (χ3n) is 4.90. The first-order valence-corrected chi connectivity index (χ1v) is 9.07. The van der Waals surface area contributed by atoms with Gasteiger partial charge in [-0.15, -0.1) is 0 Å². The predicted molar refractivity (Wildman–Crippen MR) is 99.1 cm³/mol. The van der Waals surface area contributed by atoms with Crippen LogP contribution in [-0.2, 0) is 0 Å². The van der Waals surface area contributed by atoms with Crippen LogP contribution in [0.25, 0.3) is 0 Å². The zero-order valence-corrected chi connectivity index (χ0v) is 15.1. The molecule has 27 heavy (non-hydrogen) atoms. The van der Waals surface area contributed by atoms with Gasteiger partial charge in [0, 0.05) is 24.8 Å². The second-order valence-electron chi connectivity index (χ2n) is 6.90. The predicted octanol–water partition coefficient (Wildman–Crippen LogP) is 2.93. The molecule has 140 valence electrons. The summed E-state index contributed by atoms with van der Waals surface area (Å²) in [6, 6.07) is 10.1. The molecule has 2 aliphatic heterocycles. The second-order valence-corrected chi connectivity index (χ2v) is 6.90. The Bertz CT molecular complexity index is 875. The molecule has 4 rings (SSSR count). The number of fused-ring (bicyclic) bond motifs is 1. The Balaban J connectivity index is 1.47. The van der Waals surface area contributed by atoms with Crippen molar-refractivity contribution >= 4 is 17.5 Å². The van der Waals surface area contributed by atoms with Crippen molar-refractivity contribution in [3.63, 3.8) is 0 Å². The van der Waals surface area contributed by atoms with Crippen LogP contribution in [0, 0.1) is 5.92 Å². The van der Waals surface area contributed by atoms with Gasteiger partial charge in [-0.25, -0.2) is 4.98 Å². The number of carbonyl (C=O) groups excluding carboxylic acids is 2. The van der Waals surface area contributed by atoms with Gasteiger partial charge in [-0.2, -0.15) is 0 Å². The lowest BCUT2D eigenvalue weighted by molar-refractivity contribution is 0.0691. The van der Waals surface area contributed by atoms with E-state index in [2.05, 4.69) is 17.2 Å². The van der Waals surface area contributed by atoms with Crippen LogP contribution in [0.15, 0.2) is 36.4 Å². The topological polar surface area (TPSA) is 80.8 Å². The van der Waals surface area contributed by atoms with Crippen LogP contribution in [0.2, 0.25) is 0 Å². The summed E-state index contributed by atoms with van der Waals surface area (Å²) in [4.78, 5) is 31.3. The molecule has 0 atom stereocenters. The van der Waals surface area contributed by atoms with Crippen molar-refractivity contribution in [1.29, 1.82) is 0 Å². The van der Waals surface area contributed by atoms with Crippen molar-refractivity contribution in [2.24, 2.45) is 5.92 Å². The van der Waals surface area contributed by atoms with Crippen LogP contribution in [0.5, 0.6) is 11.5 Å². The number of piperidine rings is 1. The normalized spacial score (nSPS) is 16.3. The maximum absolute atomic E-state index is 12.7. The lowest BCUT2D eigenvalue weighted by atomic mass is 9.99. The molecular formula is C20H21N3O4. The Morgan fingerprint density at radius 3 is 2.63 bits per heavy atom. The van der Waals surface area contributed by atoms with Gasteiger partial charge in [0.1, 0.15) is 11.4 Å². The Kier molecular flexibility index (Phi) is 4.66. The van der Waals surface area contributed by atoms with E-state index < -0.39 is 0 Å². The summed E-state index contributed by atoms with van der Waals surface area (Å²) in [5, 5.41) is 2.78. The van der Waals surface area contributed by atoms with Gasteiger partial charge >= 0.3 is 0 Å². The van der Waals surface area contributed by atoms with E-state index in [-0.39, 0.29) is 24.3 Å². The summed E-state index contributed by atoms with van der Waals surface area (Å²) in [6.45, 7) is 3.83. The van der Waals surface area contributed by atoms with E-state index in [0.29, 0.717) is 28.8 Å². The molecule has 0 bridgehead atoms. The molecule has 0 radical (unpaired) electrons. The van der Waals surface area contributed by atoms with Crippen LogP contribution < -0.4 is 14.8 Å². The third-order valence-corrected chi connectivity index (χ3v) is 4.90. The molecule has 0 spiro atoms. The van der Waals surface area contributed by atoms with Gasteiger partial charge in [0.05, 0.1) is 0 Å². The van der Waals surface area contributed by atoms with E-state index in [1.807, 2.05) is 4.90 Å². The Hall–Kier alpha value is -3.09. The summed E-state index contributed by atoms with van der Waals surface area (Å²) < 4.78 is 10.6. The molecule has 0 unspecified atom stereocenters. The zero-order valence-electron chi connectivity index (χ0n) is 15.1. The zero-order chi connectivity index (χ0) is 18.8. The quantitative estimate of drug-likeness (QED) is 0.902. The number of anilines is 1. The fourth-order valence-electron chi connectivity index (χ4n) is 3.22. The van der Waals surface area contributed by atoms with E-state index in [1.54, 1.807) is 36.4 Å². The maximum atomic E-state index is 12.7. The van der Waals surface area contributed by atoms with E-state index >= 15 is 0 Å². The highest BCUT2D eigenvalue weighted by Crippen LogP contribution is 2.34. The Morgan fingerprint density at radius 2 is 1.81 bits per heavy atom. The summed E-state index contributed by atoms with van der Waals surface area (Å²) in [6.07, 6.45) is 1.99. The highest BCUT2D eigenvalue weighted by molar-refractivity contribution is 6.04. The third kappa shape index (κ3) is 3.72. The second kappa shape index (κ2) is 7.26. The number of pyridine rings is 1. The minimum absolute atomic E-state index is 0.125. The average Bonchev–Trinajstić information content (AvgIpc) is 3.16. The van der Waals surface area contributed by atoms with Crippen molar-refractivity contribution in [1.82, 2.24) is 9.88 Å². The van der Waals surface area contributed by atoms with Crippen LogP contribution >= 0.6 is 0 Å². The fraction of sp³-hybridized carbons (Fsp3) is 0.350. The van der Waals surface area contributed by atoms with Crippen LogP contribution in [0.3, 0.4) is 0 Å². The van der Waals surface area contributed by atoms with E-state index in [4.69, 9.17) is 9.47 Å². The first-order valence-electron chi connectivity index (χ1n) is 9.07. The number of nitrogens with one attached hydrogen (secondary N) is 1. The van der Waals surface area contributed by atoms with Gasteiger partial charge in [-0.05, 0) is 43.0 Å². The van der Waals surface area contributed by atoms with Gasteiger partial charge in [-0.3, -0.25) is 9.59 Å². The van der Waals surface area contributed by atoms with Gasteiger partial charge in [0.25, 0.3) is 11.8 Å². The van der Waals surface area contributed by atoms with E-state index in [1.165, 1.54) is 0 Å². The molecule has 7 nitrogen and oxygen atoms in total. The first kappa shape index (κ1) is 17.3. The van der Waals surface area contributed by atoms with Crippen LogP contribution in [0.4, 0.5) is 5.69 Å². The number of nitrogens with zero attached hydrogens (tertiary/aromatic N) is 2. The average molecular weight is 367 g/mol. The number of amides is 2. The molecule has 2 amide bonds. The molecule has 1 aromatic carbocycles. The number of hydrogen-bond donors (Lipinski definition) is 1. The van der Waals surface area contributed by atoms with Gasteiger partial charge in [0.15, 0.2) is 11.5 Å². The number of likely N-dealkylation sites (tertiary alicyclic amines) is 1. The number of ether oxygens (including phenoxy) is 2. The lowest BCUT2D eigenvalue weighted by Gasteiger charge is -2.30. The largest absolute Gasteiger partial charge is 0.454 e. The summed E-state index contributed by atoms with van der Waals surface area (Å²) in [5.74, 6) is 1.37. The molecule has 0 aliphatic carbocycles. The molecule has 3 heterocycles. The fourth-order valence-corrected chi connectivity index (χ4v) is 3.22. The molecule has 1 fully saturated rings. The summed E-state index contributed by atoms with van der Waals surface area (Å²) in [5.41, 5.74) is 1.07. The van der Waals surface area contributed by atoms with E-state index in [9.17, 15) is 9.59 Å². The van der Waals surface area contributed by atoms with Crippen molar-refractivity contribution in [2.45, 2.75) is 19.8 Å². The summed E-state index contributed by atoms with van der Waals surface area (Å²) >= 11 is 0. The lowest BCUT2D eigenvalue weighted by Crippen LogP contribution is -2.38. The summed E-state index contributed by atoms with van der Waals surface area (Å²) in [7, 11) is 0. The van der Waals surface area contributed by atoms with Crippen molar-refractivity contribution < 1.29 is 19.1 Å². The van der Waals surface area contributed by atoms with Gasteiger partial charge < -0.3 is 19.7 Å². The standard InChI is InChI=1S/C20H21N3O4/c1-13-7-9-23(10-8-13)20(25)16-4-2-3-15(22-16)19(24)21-14-5-6-17-18(11-14)27-12-26-17/h2-6,11,13H,7-10,12H2,1H3,(H,21,24). The molecule has 2 aromatic rings. The molecule has 7 heteroatoms. The SMILES string of the molecule is CC1CCN(C(=O)c2cccc(C(=O)Nc3ccc4c(c3)OCO4)n2)CC1. The maximum Gasteiger partial charge on any atom is 0.274 e. The number of aromatic nitrogens is 1. The van der Waals surface area contributed by atoms with Crippen LogP contribution in [-0.4, -0.2) is 41.6 Å². The molecule has 1 N–H and O–H groups in total. The number of benzene rings is 1. The Labute approximate surface area is 157 Å². The monoisotopic (exact) mass is 367 g/mol. The number of carbonyl (C=O) groups is 2. The molecule has 1 aromatic heterocycles. The highest BCUT2D eigenvalue weighted by atomic mass is 16.7. The minimum atomic E-state index is -0.379. The van der Waals surface area contributed by atoms with Crippen LogP contribution in [0.1, 0.15) is 40.7 Å². The number of rotatable bonds is 3. The Morgan fingerprint density at radius 1 is 1.07 bits per heavy atom. The van der Waals surface area contributed by atoms with Crippen molar-refractivity contribution in [3.05, 3.63) is 47.8 Å². The molecule has 1 saturated heterocycles. The van der Waals surface area contributed by atoms with Gasteiger partial charge in [0.2, 0.25) is 6.79 Å². The molecule has 2 aliphatic rings. The van der Waals surface area contributed by atoms with E-state index in [0.717, 1.165) is 25.9 Å². The van der Waals surface area contributed by atoms with Crippen molar-refractivity contribution in [2.75, 3.05) is 25.2 Å². The first-order chi connectivity index (χ1) is 13.1. The number of hydrogen-bond acceptors (Lipinski definition) is 5. The highest BCUT2D eigenvalue weighted by Gasteiger charge is 2.23. The van der Waals surface area contributed by atoms with Crippen molar-refractivity contribution in [3.8, 4) is 11.5 Å². The molecule has 0 saturated carbocycles. The molecular weight excluding hydrogens is 346 g/mol. The van der Waals surface area contributed by atoms with Gasteiger partial charge in [-0.1, -0.05) is 13.0 Å². The smallest absolute Gasteiger partial charge is 0.274 e.